The number of nitriles is 1. The molecule has 1 fully saturated rings. The number of anilines is 1. The van der Waals surface area contributed by atoms with Crippen molar-refractivity contribution in [1.82, 2.24) is 10.6 Å². The Labute approximate surface area is 201 Å². The molecule has 34 heavy (non-hydrogen) atoms. The maximum Gasteiger partial charge on any atom is 0.319 e. The monoisotopic (exact) mass is 454 g/mol. The van der Waals surface area contributed by atoms with Gasteiger partial charge < -0.3 is 20.7 Å². The minimum atomic E-state index is -0.225. The molecule has 3 N–H and O–H groups in total. The van der Waals surface area contributed by atoms with Gasteiger partial charge in [0.05, 0.1) is 18.7 Å². The quantitative estimate of drug-likeness (QED) is 0.461. The number of nitrogens with one attached hydrogen (secondary N) is 3. The summed E-state index contributed by atoms with van der Waals surface area (Å²) < 4.78 is 5.23. The van der Waals surface area contributed by atoms with Crippen LogP contribution in [0.5, 0.6) is 5.75 Å². The van der Waals surface area contributed by atoms with Gasteiger partial charge in [0.25, 0.3) is 0 Å². The number of ether oxygens (including phenoxy) is 1. The minimum Gasteiger partial charge on any atom is -0.497 e. The Bertz CT molecular complexity index is 1150. The maximum atomic E-state index is 12.6. The van der Waals surface area contributed by atoms with Crippen LogP contribution in [0.2, 0.25) is 0 Å². The predicted molar refractivity (Wildman–Crippen MR) is 135 cm³/mol. The molecule has 174 valence electrons. The van der Waals surface area contributed by atoms with Crippen molar-refractivity contribution < 1.29 is 9.53 Å². The zero-order valence-corrected chi connectivity index (χ0v) is 19.4. The van der Waals surface area contributed by atoms with Gasteiger partial charge in [0.1, 0.15) is 5.75 Å². The van der Waals surface area contributed by atoms with E-state index < -0.39 is 0 Å². The number of methoxy groups -OCH3 is 1. The first-order valence-corrected chi connectivity index (χ1v) is 11.7. The minimum absolute atomic E-state index is 0.220. The van der Waals surface area contributed by atoms with Crippen molar-refractivity contribution in [2.45, 2.75) is 18.8 Å². The molecule has 0 aromatic heterocycles. The van der Waals surface area contributed by atoms with Crippen LogP contribution in [-0.4, -0.2) is 32.8 Å². The summed E-state index contributed by atoms with van der Waals surface area (Å²) in [5.41, 5.74) is 4.67. The smallest absolute Gasteiger partial charge is 0.319 e. The second kappa shape index (κ2) is 11.4. The number of piperidine rings is 1. The first-order chi connectivity index (χ1) is 16.7. The highest BCUT2D eigenvalue weighted by Crippen LogP contribution is 2.32. The number of carbonyl (C=O) groups excluding carboxylic acids is 1. The second-order valence-corrected chi connectivity index (χ2v) is 8.58. The summed E-state index contributed by atoms with van der Waals surface area (Å²) in [7, 11) is 1.61. The number of carbonyl (C=O) groups is 1. The Hall–Kier alpha value is -3.82. The molecule has 0 saturated carbocycles. The van der Waals surface area contributed by atoms with Gasteiger partial charge in [-0.25, -0.2) is 4.79 Å². The van der Waals surface area contributed by atoms with E-state index in [1.165, 1.54) is 5.56 Å². The van der Waals surface area contributed by atoms with Crippen LogP contribution in [0.1, 0.15) is 29.9 Å². The van der Waals surface area contributed by atoms with Crippen LogP contribution in [0.25, 0.3) is 11.1 Å². The molecule has 1 saturated heterocycles. The zero-order valence-electron chi connectivity index (χ0n) is 19.4. The second-order valence-electron chi connectivity index (χ2n) is 8.58. The Balaban J connectivity index is 1.47. The lowest BCUT2D eigenvalue weighted by Crippen LogP contribution is -2.38. The van der Waals surface area contributed by atoms with Crippen molar-refractivity contribution >= 4 is 11.7 Å². The van der Waals surface area contributed by atoms with E-state index in [1.807, 2.05) is 42.5 Å². The number of amides is 2. The molecule has 0 radical (unpaired) electrons. The Morgan fingerprint density at radius 3 is 2.56 bits per heavy atom. The first kappa shape index (κ1) is 23.3. The maximum absolute atomic E-state index is 12.6. The molecule has 6 heteroatoms. The molecule has 3 aromatic carbocycles. The predicted octanol–water partition coefficient (Wildman–Crippen LogP) is 5.14. The van der Waals surface area contributed by atoms with Crippen molar-refractivity contribution in [3.05, 3.63) is 83.9 Å². The lowest BCUT2D eigenvalue weighted by Gasteiger charge is -2.31. The zero-order chi connectivity index (χ0) is 23.8. The summed E-state index contributed by atoms with van der Waals surface area (Å²) >= 11 is 0. The molecular formula is C28H30N4O2. The van der Waals surface area contributed by atoms with Crippen molar-refractivity contribution in [1.29, 1.82) is 5.26 Å². The summed E-state index contributed by atoms with van der Waals surface area (Å²) in [6.45, 7) is 2.55. The lowest BCUT2D eigenvalue weighted by atomic mass is 9.80. The standard InChI is InChI=1S/C28H30N4O2/c1-34-26-7-3-6-25(17-26)32-28(33)31-19-27(23-12-14-30-15-13-23)22-10-8-21(9-11-22)24-5-2-4-20(16-24)18-29/h2-11,16-17,23,27,30H,12-15,19H2,1H3,(H2,31,32,33). The van der Waals surface area contributed by atoms with Crippen LogP contribution in [0.4, 0.5) is 10.5 Å². The number of benzene rings is 3. The summed E-state index contributed by atoms with van der Waals surface area (Å²) in [5.74, 6) is 1.41. The van der Waals surface area contributed by atoms with E-state index in [4.69, 9.17) is 4.74 Å². The van der Waals surface area contributed by atoms with Crippen LogP contribution in [0, 0.1) is 17.2 Å². The highest BCUT2D eigenvalue weighted by molar-refractivity contribution is 5.89. The number of nitrogens with zero attached hydrogens (tertiary/aromatic N) is 1. The molecule has 4 rings (SSSR count). The number of urea groups is 1. The van der Waals surface area contributed by atoms with Crippen molar-refractivity contribution in [3.63, 3.8) is 0 Å². The molecule has 1 aliphatic heterocycles. The van der Waals surface area contributed by atoms with Gasteiger partial charge in [0.2, 0.25) is 0 Å². The average Bonchev–Trinajstić information content (AvgIpc) is 2.90. The van der Waals surface area contributed by atoms with Crippen molar-refractivity contribution in [3.8, 4) is 22.9 Å². The van der Waals surface area contributed by atoms with E-state index >= 15 is 0 Å². The van der Waals surface area contributed by atoms with Gasteiger partial charge in [-0.3, -0.25) is 0 Å². The fourth-order valence-corrected chi connectivity index (χ4v) is 4.57. The molecule has 0 bridgehead atoms. The van der Waals surface area contributed by atoms with Crippen LogP contribution >= 0.6 is 0 Å². The Kier molecular flexibility index (Phi) is 7.79. The van der Waals surface area contributed by atoms with Gasteiger partial charge in [0.15, 0.2) is 0 Å². The van der Waals surface area contributed by atoms with Crippen molar-refractivity contribution in [2.24, 2.45) is 5.92 Å². The number of hydrogen-bond acceptors (Lipinski definition) is 4. The third-order valence-electron chi connectivity index (χ3n) is 6.43. The topological polar surface area (TPSA) is 86.2 Å². The molecule has 2 amide bonds. The molecule has 6 nitrogen and oxygen atoms in total. The molecule has 1 atom stereocenters. The average molecular weight is 455 g/mol. The molecular weight excluding hydrogens is 424 g/mol. The van der Waals surface area contributed by atoms with E-state index in [1.54, 1.807) is 13.2 Å². The van der Waals surface area contributed by atoms with Gasteiger partial charge >= 0.3 is 6.03 Å². The van der Waals surface area contributed by atoms with Crippen molar-refractivity contribution in [2.75, 3.05) is 32.1 Å². The molecule has 1 unspecified atom stereocenters. The highest BCUT2D eigenvalue weighted by atomic mass is 16.5. The summed E-state index contributed by atoms with van der Waals surface area (Å²) in [4.78, 5) is 12.6. The summed E-state index contributed by atoms with van der Waals surface area (Å²) in [6, 6.07) is 25.5. The molecule has 0 spiro atoms. The molecule has 1 heterocycles. The summed E-state index contributed by atoms with van der Waals surface area (Å²) in [6.07, 6.45) is 2.16. The Morgan fingerprint density at radius 1 is 1.06 bits per heavy atom. The van der Waals surface area contributed by atoms with Gasteiger partial charge in [-0.05, 0) is 72.8 Å². The summed E-state index contributed by atoms with van der Waals surface area (Å²) in [5, 5.41) is 18.6. The fourth-order valence-electron chi connectivity index (χ4n) is 4.57. The van der Waals surface area contributed by atoms with Gasteiger partial charge in [-0.1, -0.05) is 42.5 Å². The van der Waals surface area contributed by atoms with E-state index in [9.17, 15) is 10.1 Å². The van der Waals surface area contributed by atoms with E-state index in [0.29, 0.717) is 29.5 Å². The lowest BCUT2D eigenvalue weighted by molar-refractivity contribution is 0.247. The van der Waals surface area contributed by atoms with Crippen LogP contribution in [-0.2, 0) is 0 Å². The SMILES string of the molecule is COc1cccc(NC(=O)NCC(c2ccc(-c3cccc(C#N)c3)cc2)C2CCNCC2)c1. The van der Waals surface area contributed by atoms with E-state index in [2.05, 4.69) is 46.3 Å². The molecule has 3 aromatic rings. The van der Waals surface area contributed by atoms with Crippen LogP contribution in [0.15, 0.2) is 72.8 Å². The third-order valence-corrected chi connectivity index (χ3v) is 6.43. The fraction of sp³-hybridized carbons (Fsp3) is 0.286. The first-order valence-electron chi connectivity index (χ1n) is 11.7. The van der Waals surface area contributed by atoms with E-state index in [-0.39, 0.29) is 11.9 Å². The largest absolute Gasteiger partial charge is 0.497 e. The van der Waals surface area contributed by atoms with Gasteiger partial charge in [-0.2, -0.15) is 5.26 Å². The molecule has 1 aliphatic rings. The number of hydrogen-bond donors (Lipinski definition) is 3. The third kappa shape index (κ3) is 5.94. The van der Waals surface area contributed by atoms with Crippen LogP contribution in [0.3, 0.4) is 0 Å². The number of rotatable bonds is 7. The van der Waals surface area contributed by atoms with E-state index in [0.717, 1.165) is 37.1 Å². The van der Waals surface area contributed by atoms with Crippen LogP contribution < -0.4 is 20.7 Å². The van der Waals surface area contributed by atoms with Gasteiger partial charge in [0, 0.05) is 24.2 Å². The van der Waals surface area contributed by atoms with Gasteiger partial charge in [-0.15, -0.1) is 0 Å². The molecule has 0 aliphatic carbocycles. The normalized spacial score (nSPS) is 14.6. The Morgan fingerprint density at radius 2 is 1.82 bits per heavy atom. The highest BCUT2D eigenvalue weighted by Gasteiger charge is 2.25.